The number of halogens is 3. The van der Waals surface area contributed by atoms with Crippen molar-refractivity contribution in [3.05, 3.63) is 81.3 Å². The highest BCUT2D eigenvalue weighted by molar-refractivity contribution is 7.94. The minimum atomic E-state index is -4.21. The van der Waals surface area contributed by atoms with Gasteiger partial charge in [-0.1, -0.05) is 46.1 Å². The second kappa shape index (κ2) is 10.9. The van der Waals surface area contributed by atoms with Crippen LogP contribution in [0.15, 0.2) is 65.0 Å². The van der Waals surface area contributed by atoms with E-state index in [4.69, 9.17) is 44.3 Å². The molecular formula is C22H15Cl3N4O5S2. The Bertz CT molecular complexity index is 1530. The first-order valence-electron chi connectivity index (χ1n) is 9.89. The molecule has 1 aromatic heterocycles. The Morgan fingerprint density at radius 1 is 0.917 bits per heavy atom. The van der Waals surface area contributed by atoms with Gasteiger partial charge >= 0.3 is 0 Å². The highest BCUT2D eigenvalue weighted by Gasteiger charge is 2.24. The van der Waals surface area contributed by atoms with E-state index < -0.39 is 20.3 Å². The van der Waals surface area contributed by atoms with Crippen LogP contribution in [0.5, 0.6) is 17.2 Å². The van der Waals surface area contributed by atoms with Crippen LogP contribution in [0.3, 0.4) is 0 Å². The first kappa shape index (κ1) is 26.0. The van der Waals surface area contributed by atoms with Crippen LogP contribution in [-0.4, -0.2) is 31.6 Å². The van der Waals surface area contributed by atoms with Crippen LogP contribution < -0.4 is 19.5 Å². The Morgan fingerprint density at radius 3 is 2.28 bits per heavy atom. The fraction of sp³-hybridized carbons (Fsp3) is 0.0455. The number of nitrogens with zero attached hydrogens (tertiary/aromatic N) is 2. The van der Waals surface area contributed by atoms with Gasteiger partial charge in [-0.3, -0.25) is 14.8 Å². The zero-order valence-corrected chi connectivity index (χ0v) is 22.1. The molecule has 0 atom stereocenters. The predicted molar refractivity (Wildman–Crippen MR) is 140 cm³/mol. The van der Waals surface area contributed by atoms with Crippen molar-refractivity contribution in [3.8, 4) is 17.2 Å². The summed E-state index contributed by atoms with van der Waals surface area (Å²) in [5, 5.41) is 10.6. The standard InChI is InChI=1S/C22H15Cl3N4O5S2/c1-33-14-4-6-15(7-5-14)34-19-9-3-13(24)11-18(19)29-36(31,32)22-28-27-21(35-22)26-20(30)16-8-2-12(23)10-17(16)25/h2-11,29H,1H3,(H,26,27,30). The number of amides is 1. The molecule has 0 spiro atoms. The van der Waals surface area contributed by atoms with Gasteiger partial charge in [-0.2, -0.15) is 8.42 Å². The van der Waals surface area contributed by atoms with Crippen LogP contribution in [0.1, 0.15) is 10.4 Å². The Kier molecular flexibility index (Phi) is 7.86. The van der Waals surface area contributed by atoms with Crippen molar-refractivity contribution in [3.63, 3.8) is 0 Å². The van der Waals surface area contributed by atoms with Crippen LogP contribution >= 0.6 is 46.1 Å². The van der Waals surface area contributed by atoms with Gasteiger partial charge in [-0.15, -0.1) is 10.2 Å². The normalized spacial score (nSPS) is 11.1. The number of benzene rings is 3. The molecule has 0 bridgehead atoms. The molecule has 1 heterocycles. The summed E-state index contributed by atoms with van der Waals surface area (Å²) in [5.41, 5.74) is 0.213. The maximum atomic E-state index is 13.0. The van der Waals surface area contributed by atoms with Crippen LogP contribution in [0.25, 0.3) is 0 Å². The van der Waals surface area contributed by atoms with E-state index in [9.17, 15) is 13.2 Å². The molecule has 36 heavy (non-hydrogen) atoms. The number of carbonyl (C=O) groups is 1. The number of carbonyl (C=O) groups excluding carboxylic acids is 1. The van der Waals surface area contributed by atoms with Gasteiger partial charge in [0, 0.05) is 10.0 Å². The zero-order valence-electron chi connectivity index (χ0n) is 18.2. The monoisotopic (exact) mass is 584 g/mol. The van der Waals surface area contributed by atoms with E-state index in [-0.39, 0.29) is 32.2 Å². The largest absolute Gasteiger partial charge is 0.497 e. The van der Waals surface area contributed by atoms with Crippen molar-refractivity contribution in [2.45, 2.75) is 4.34 Å². The summed E-state index contributed by atoms with van der Waals surface area (Å²) in [6, 6.07) is 15.5. The molecule has 186 valence electrons. The molecule has 4 rings (SSSR count). The van der Waals surface area contributed by atoms with Crippen LogP contribution in [0.4, 0.5) is 10.8 Å². The zero-order chi connectivity index (χ0) is 25.9. The molecule has 0 aliphatic rings. The predicted octanol–water partition coefficient (Wildman–Crippen LogP) is 6.35. The lowest BCUT2D eigenvalue weighted by Crippen LogP contribution is -2.13. The number of hydrogen-bond donors (Lipinski definition) is 2. The van der Waals surface area contributed by atoms with Gasteiger partial charge in [-0.05, 0) is 60.7 Å². The van der Waals surface area contributed by atoms with Crippen LogP contribution in [-0.2, 0) is 10.0 Å². The van der Waals surface area contributed by atoms with Gasteiger partial charge in [0.25, 0.3) is 20.3 Å². The third-order valence-corrected chi connectivity index (χ3v) is 7.86. The minimum absolute atomic E-state index is 0.0489. The van der Waals surface area contributed by atoms with E-state index in [1.807, 2.05) is 0 Å². The maximum Gasteiger partial charge on any atom is 0.291 e. The van der Waals surface area contributed by atoms with Crippen molar-refractivity contribution in [2.24, 2.45) is 0 Å². The van der Waals surface area contributed by atoms with E-state index >= 15 is 0 Å². The number of anilines is 2. The van der Waals surface area contributed by atoms with Crippen molar-refractivity contribution < 1.29 is 22.7 Å². The van der Waals surface area contributed by atoms with Crippen molar-refractivity contribution in [1.82, 2.24) is 10.2 Å². The summed E-state index contributed by atoms with van der Waals surface area (Å²) in [6.45, 7) is 0. The van der Waals surface area contributed by atoms with Crippen molar-refractivity contribution in [2.75, 3.05) is 17.1 Å². The number of methoxy groups -OCH3 is 1. The van der Waals surface area contributed by atoms with E-state index in [2.05, 4.69) is 20.2 Å². The lowest BCUT2D eigenvalue weighted by molar-refractivity contribution is 0.102. The van der Waals surface area contributed by atoms with Gasteiger partial charge in [0.1, 0.15) is 11.5 Å². The molecule has 3 aromatic carbocycles. The fourth-order valence-electron chi connectivity index (χ4n) is 2.84. The quantitative estimate of drug-likeness (QED) is 0.231. The SMILES string of the molecule is COc1ccc(Oc2ccc(Cl)cc2NS(=O)(=O)c2nnc(NC(=O)c3ccc(Cl)cc3Cl)s2)cc1. The second-order valence-corrected chi connectivity index (χ2v) is 11.1. The molecule has 9 nitrogen and oxygen atoms in total. The molecular weight excluding hydrogens is 571 g/mol. The number of hydrogen-bond acceptors (Lipinski definition) is 8. The Labute approximate surface area is 225 Å². The smallest absolute Gasteiger partial charge is 0.291 e. The number of sulfonamides is 1. The lowest BCUT2D eigenvalue weighted by Gasteiger charge is -2.13. The Hall–Kier alpha value is -3.09. The summed E-state index contributed by atoms with van der Waals surface area (Å²) in [6.07, 6.45) is 0. The average Bonchev–Trinajstić information content (AvgIpc) is 3.30. The first-order valence-corrected chi connectivity index (χ1v) is 13.3. The molecule has 0 saturated heterocycles. The highest BCUT2D eigenvalue weighted by atomic mass is 35.5. The summed E-state index contributed by atoms with van der Waals surface area (Å²) < 4.78 is 38.9. The molecule has 0 saturated carbocycles. The summed E-state index contributed by atoms with van der Waals surface area (Å²) in [7, 11) is -2.67. The fourth-order valence-corrected chi connectivity index (χ4v) is 5.46. The highest BCUT2D eigenvalue weighted by Crippen LogP contribution is 2.35. The maximum absolute atomic E-state index is 13.0. The van der Waals surface area contributed by atoms with Crippen LogP contribution in [0.2, 0.25) is 15.1 Å². The first-order chi connectivity index (χ1) is 17.1. The van der Waals surface area contributed by atoms with E-state index in [0.717, 1.165) is 0 Å². The molecule has 0 unspecified atom stereocenters. The Balaban J connectivity index is 1.53. The van der Waals surface area contributed by atoms with E-state index in [1.165, 1.54) is 30.3 Å². The Morgan fingerprint density at radius 2 is 1.58 bits per heavy atom. The minimum Gasteiger partial charge on any atom is -0.497 e. The van der Waals surface area contributed by atoms with Gasteiger partial charge in [0.2, 0.25) is 5.13 Å². The summed E-state index contributed by atoms with van der Waals surface area (Å²) in [4.78, 5) is 12.5. The molecule has 0 fully saturated rings. The van der Waals surface area contributed by atoms with Crippen LogP contribution in [0, 0.1) is 0 Å². The summed E-state index contributed by atoms with van der Waals surface area (Å²) in [5.74, 6) is 0.676. The molecule has 1 amide bonds. The molecule has 0 radical (unpaired) electrons. The third kappa shape index (κ3) is 6.18. The topological polar surface area (TPSA) is 120 Å². The molecule has 2 N–H and O–H groups in total. The van der Waals surface area contributed by atoms with Gasteiger partial charge in [-0.25, -0.2) is 0 Å². The van der Waals surface area contributed by atoms with Crippen molar-refractivity contribution >= 4 is 72.9 Å². The van der Waals surface area contributed by atoms with Gasteiger partial charge < -0.3 is 9.47 Å². The average molecular weight is 586 g/mol. The molecule has 0 aliphatic heterocycles. The van der Waals surface area contributed by atoms with Gasteiger partial charge in [0.15, 0.2) is 5.75 Å². The van der Waals surface area contributed by atoms with Gasteiger partial charge in [0.05, 0.1) is 23.4 Å². The molecule has 14 heteroatoms. The lowest BCUT2D eigenvalue weighted by atomic mass is 10.2. The number of rotatable bonds is 8. The second-order valence-electron chi connectivity index (χ2n) is 6.97. The number of aromatic nitrogens is 2. The number of ether oxygens (including phenoxy) is 2. The third-order valence-electron chi connectivity index (χ3n) is 4.51. The molecule has 0 aliphatic carbocycles. The van der Waals surface area contributed by atoms with E-state index in [1.54, 1.807) is 37.4 Å². The number of nitrogens with one attached hydrogen (secondary N) is 2. The molecule has 4 aromatic rings. The van der Waals surface area contributed by atoms with Crippen molar-refractivity contribution in [1.29, 1.82) is 0 Å². The van der Waals surface area contributed by atoms with E-state index in [0.29, 0.717) is 27.9 Å². The summed E-state index contributed by atoms with van der Waals surface area (Å²) >= 11 is 18.6.